The summed E-state index contributed by atoms with van der Waals surface area (Å²) in [6.45, 7) is 3.33. The monoisotopic (exact) mass is 217 g/mol. The van der Waals surface area contributed by atoms with Crippen LogP contribution in [-0.4, -0.2) is 16.6 Å². The lowest BCUT2D eigenvalue weighted by Gasteiger charge is -2.09. The van der Waals surface area contributed by atoms with E-state index in [9.17, 15) is 0 Å². The van der Waals surface area contributed by atoms with Crippen molar-refractivity contribution in [3.63, 3.8) is 0 Å². The Morgan fingerprint density at radius 2 is 2.38 bits per heavy atom. The molecule has 0 aromatic carbocycles. The Balaban J connectivity index is 2.03. The lowest BCUT2D eigenvalue weighted by Crippen LogP contribution is -2.03. The number of anilines is 1. The van der Waals surface area contributed by atoms with Crippen LogP contribution in [0.4, 0.5) is 5.69 Å². The van der Waals surface area contributed by atoms with Gasteiger partial charge in [0.05, 0.1) is 12.3 Å². The van der Waals surface area contributed by atoms with E-state index in [1.807, 2.05) is 37.5 Å². The normalized spacial score (nSPS) is 10.1. The molecule has 2 aromatic heterocycles. The largest absolute Gasteiger partial charge is 0.476 e. The summed E-state index contributed by atoms with van der Waals surface area (Å²) in [6, 6.07) is 5.89. The number of nitrogens with one attached hydrogen (secondary N) is 2. The van der Waals surface area contributed by atoms with E-state index in [-0.39, 0.29) is 0 Å². The Labute approximate surface area is 94.7 Å². The molecule has 0 saturated carbocycles. The molecule has 84 valence electrons. The Hall–Kier alpha value is -1.97. The number of hydrogen-bond donors (Lipinski definition) is 2. The molecular formula is C12H15N3O. The minimum Gasteiger partial charge on any atom is -0.476 e. The molecule has 0 aliphatic heterocycles. The molecule has 0 spiro atoms. The summed E-state index contributed by atoms with van der Waals surface area (Å²) in [5.41, 5.74) is 2.12. The van der Waals surface area contributed by atoms with Gasteiger partial charge in [-0.3, -0.25) is 0 Å². The van der Waals surface area contributed by atoms with Crippen LogP contribution in [-0.2, 0) is 6.54 Å². The van der Waals surface area contributed by atoms with Crippen molar-refractivity contribution >= 4 is 5.69 Å². The topological polar surface area (TPSA) is 49.9 Å². The van der Waals surface area contributed by atoms with Gasteiger partial charge in [0, 0.05) is 25.1 Å². The molecule has 4 heteroatoms. The smallest absolute Gasteiger partial charge is 0.237 e. The number of hydrogen-bond acceptors (Lipinski definition) is 3. The van der Waals surface area contributed by atoms with Gasteiger partial charge in [-0.05, 0) is 30.7 Å². The van der Waals surface area contributed by atoms with Crippen LogP contribution in [0.25, 0.3) is 0 Å². The van der Waals surface area contributed by atoms with Crippen molar-refractivity contribution in [1.82, 2.24) is 9.97 Å². The molecule has 0 aliphatic carbocycles. The van der Waals surface area contributed by atoms with Gasteiger partial charge in [0.25, 0.3) is 0 Å². The fourth-order valence-corrected chi connectivity index (χ4v) is 1.44. The van der Waals surface area contributed by atoms with Crippen molar-refractivity contribution < 1.29 is 4.74 Å². The number of nitrogens with zero attached hydrogens (tertiary/aromatic N) is 1. The first kappa shape index (κ1) is 10.5. The fourth-order valence-electron chi connectivity index (χ4n) is 1.44. The van der Waals surface area contributed by atoms with Crippen LogP contribution in [0.5, 0.6) is 5.88 Å². The second kappa shape index (κ2) is 5.21. The second-order valence-corrected chi connectivity index (χ2v) is 3.36. The van der Waals surface area contributed by atoms with Gasteiger partial charge in [0.2, 0.25) is 5.88 Å². The first-order valence-electron chi connectivity index (χ1n) is 5.33. The SMILES string of the molecule is CCOc1ncccc1NCc1cc[nH]c1. The average Bonchev–Trinajstić information content (AvgIpc) is 2.81. The van der Waals surface area contributed by atoms with E-state index < -0.39 is 0 Å². The molecule has 0 fully saturated rings. The minimum atomic E-state index is 0.621. The third-order valence-electron chi connectivity index (χ3n) is 2.20. The zero-order chi connectivity index (χ0) is 11.2. The molecule has 2 heterocycles. The van der Waals surface area contributed by atoms with Crippen molar-refractivity contribution in [2.24, 2.45) is 0 Å². The predicted molar refractivity (Wildman–Crippen MR) is 63.5 cm³/mol. The van der Waals surface area contributed by atoms with E-state index in [0.717, 1.165) is 12.2 Å². The van der Waals surface area contributed by atoms with E-state index in [1.54, 1.807) is 6.20 Å². The summed E-state index contributed by atoms with van der Waals surface area (Å²) < 4.78 is 5.43. The Bertz CT molecular complexity index is 426. The maximum Gasteiger partial charge on any atom is 0.237 e. The Morgan fingerprint density at radius 1 is 1.44 bits per heavy atom. The van der Waals surface area contributed by atoms with Crippen LogP contribution in [0.2, 0.25) is 0 Å². The van der Waals surface area contributed by atoms with Gasteiger partial charge in [-0.1, -0.05) is 0 Å². The van der Waals surface area contributed by atoms with Crippen LogP contribution in [0.15, 0.2) is 36.8 Å². The molecule has 2 aromatic rings. The van der Waals surface area contributed by atoms with E-state index in [0.29, 0.717) is 12.5 Å². The molecule has 4 nitrogen and oxygen atoms in total. The van der Waals surface area contributed by atoms with E-state index in [2.05, 4.69) is 15.3 Å². The van der Waals surface area contributed by atoms with Crippen molar-refractivity contribution in [1.29, 1.82) is 0 Å². The summed E-state index contributed by atoms with van der Waals surface area (Å²) >= 11 is 0. The van der Waals surface area contributed by atoms with Gasteiger partial charge in [0.1, 0.15) is 0 Å². The zero-order valence-corrected chi connectivity index (χ0v) is 9.23. The first-order valence-corrected chi connectivity index (χ1v) is 5.33. The molecule has 0 amide bonds. The first-order chi connectivity index (χ1) is 7.90. The molecule has 0 radical (unpaired) electrons. The fraction of sp³-hybridized carbons (Fsp3) is 0.250. The van der Waals surface area contributed by atoms with Crippen LogP contribution in [0.1, 0.15) is 12.5 Å². The second-order valence-electron chi connectivity index (χ2n) is 3.36. The quantitative estimate of drug-likeness (QED) is 0.808. The highest BCUT2D eigenvalue weighted by Crippen LogP contribution is 2.20. The zero-order valence-electron chi connectivity index (χ0n) is 9.23. The highest BCUT2D eigenvalue weighted by Gasteiger charge is 2.03. The van der Waals surface area contributed by atoms with Crippen molar-refractivity contribution in [2.75, 3.05) is 11.9 Å². The lowest BCUT2D eigenvalue weighted by atomic mass is 10.3. The van der Waals surface area contributed by atoms with Gasteiger partial charge >= 0.3 is 0 Å². The third kappa shape index (κ3) is 2.53. The van der Waals surface area contributed by atoms with Gasteiger partial charge < -0.3 is 15.0 Å². The van der Waals surface area contributed by atoms with E-state index in [4.69, 9.17) is 4.74 Å². The van der Waals surface area contributed by atoms with Crippen LogP contribution >= 0.6 is 0 Å². The lowest BCUT2D eigenvalue weighted by molar-refractivity contribution is 0.328. The van der Waals surface area contributed by atoms with Gasteiger partial charge in [0.15, 0.2) is 0 Å². The number of aromatic nitrogens is 2. The van der Waals surface area contributed by atoms with E-state index in [1.165, 1.54) is 5.56 Å². The number of rotatable bonds is 5. The van der Waals surface area contributed by atoms with Crippen LogP contribution in [0.3, 0.4) is 0 Å². The molecule has 0 saturated heterocycles. The van der Waals surface area contributed by atoms with Gasteiger partial charge in [-0.2, -0.15) is 0 Å². The molecule has 0 unspecified atom stereocenters. The average molecular weight is 217 g/mol. The maximum absolute atomic E-state index is 5.43. The predicted octanol–water partition coefficient (Wildman–Crippen LogP) is 2.42. The highest BCUT2D eigenvalue weighted by molar-refractivity contribution is 5.52. The molecular weight excluding hydrogens is 202 g/mol. The molecule has 2 N–H and O–H groups in total. The third-order valence-corrected chi connectivity index (χ3v) is 2.20. The molecule has 0 bridgehead atoms. The van der Waals surface area contributed by atoms with Gasteiger partial charge in [-0.25, -0.2) is 4.98 Å². The van der Waals surface area contributed by atoms with E-state index >= 15 is 0 Å². The summed E-state index contributed by atoms with van der Waals surface area (Å²) in [6.07, 6.45) is 5.60. The van der Waals surface area contributed by atoms with Crippen LogP contribution in [0, 0.1) is 0 Å². The highest BCUT2D eigenvalue weighted by atomic mass is 16.5. The standard InChI is InChI=1S/C12H15N3O/c1-2-16-12-11(4-3-6-14-12)15-9-10-5-7-13-8-10/h3-8,13,15H,2,9H2,1H3. The minimum absolute atomic E-state index is 0.621. The summed E-state index contributed by atoms with van der Waals surface area (Å²) in [5.74, 6) is 0.653. The summed E-state index contributed by atoms with van der Waals surface area (Å²) in [5, 5.41) is 3.29. The number of ether oxygens (including phenoxy) is 1. The van der Waals surface area contributed by atoms with Gasteiger partial charge in [-0.15, -0.1) is 0 Å². The van der Waals surface area contributed by atoms with Crippen molar-refractivity contribution in [3.05, 3.63) is 42.4 Å². The number of H-pyrrole nitrogens is 1. The summed E-state index contributed by atoms with van der Waals surface area (Å²) in [7, 11) is 0. The van der Waals surface area contributed by atoms with Crippen LogP contribution < -0.4 is 10.1 Å². The number of aromatic amines is 1. The molecule has 2 rings (SSSR count). The number of pyridine rings is 1. The Kier molecular flexibility index (Phi) is 3.43. The van der Waals surface area contributed by atoms with Crippen molar-refractivity contribution in [3.8, 4) is 5.88 Å². The summed E-state index contributed by atoms with van der Waals surface area (Å²) in [4.78, 5) is 7.19. The van der Waals surface area contributed by atoms with Crippen molar-refractivity contribution in [2.45, 2.75) is 13.5 Å². The Morgan fingerprint density at radius 3 is 3.12 bits per heavy atom. The molecule has 0 atom stereocenters. The molecule has 0 aliphatic rings. The maximum atomic E-state index is 5.43. The molecule has 16 heavy (non-hydrogen) atoms.